The minimum Gasteiger partial charge on any atom is -0.336 e. The summed E-state index contributed by atoms with van der Waals surface area (Å²) in [5.41, 5.74) is 3.40. The molecule has 0 aliphatic heterocycles. The van der Waals surface area contributed by atoms with Crippen molar-refractivity contribution in [2.45, 2.75) is 6.04 Å². The number of hydroxylamine groups is 1. The van der Waals surface area contributed by atoms with Crippen LogP contribution < -0.4 is 10.8 Å². The van der Waals surface area contributed by atoms with Gasteiger partial charge in [-0.2, -0.15) is 15.4 Å². The number of rotatable bonds is 5. The summed E-state index contributed by atoms with van der Waals surface area (Å²) >= 11 is 0. The van der Waals surface area contributed by atoms with Crippen LogP contribution in [-0.2, 0) is 4.79 Å². The van der Waals surface area contributed by atoms with E-state index in [9.17, 15) is 22.8 Å². The number of hydrogen-bond donors (Lipinski definition) is 4. The van der Waals surface area contributed by atoms with Crippen LogP contribution in [0.4, 0.5) is 13.2 Å². The van der Waals surface area contributed by atoms with Crippen molar-refractivity contribution in [2.24, 2.45) is 0 Å². The van der Waals surface area contributed by atoms with E-state index < -0.39 is 35.3 Å². The smallest absolute Gasteiger partial charge is 0.270 e. The number of amides is 2. The molecule has 0 bridgehead atoms. The fraction of sp³-hybridized carbons (Fsp3) is 0.0476. The predicted molar refractivity (Wildman–Crippen MR) is 106 cm³/mol. The van der Waals surface area contributed by atoms with Crippen LogP contribution in [0.25, 0.3) is 22.2 Å². The molecule has 1 aromatic heterocycles. The van der Waals surface area contributed by atoms with Gasteiger partial charge in [0, 0.05) is 5.56 Å². The lowest BCUT2D eigenvalue weighted by atomic mass is 9.99. The first-order valence-corrected chi connectivity index (χ1v) is 9.17. The number of halogens is 3. The third-order valence-corrected chi connectivity index (χ3v) is 4.79. The van der Waals surface area contributed by atoms with E-state index in [-0.39, 0.29) is 16.7 Å². The van der Waals surface area contributed by atoms with Gasteiger partial charge in [-0.3, -0.25) is 14.8 Å². The molecule has 3 aromatic carbocycles. The molecule has 8 nitrogen and oxygen atoms in total. The monoisotopic (exact) mass is 441 g/mol. The number of carbonyl (C=O) groups excluding carboxylic acids is 2. The zero-order chi connectivity index (χ0) is 22.8. The van der Waals surface area contributed by atoms with Crippen LogP contribution in [0.3, 0.4) is 0 Å². The normalized spacial score (nSPS) is 11.9. The van der Waals surface area contributed by atoms with Gasteiger partial charge in [0.25, 0.3) is 11.8 Å². The molecule has 4 rings (SSSR count). The van der Waals surface area contributed by atoms with Gasteiger partial charge in [-0.05, 0) is 47.0 Å². The first kappa shape index (κ1) is 21.0. The summed E-state index contributed by atoms with van der Waals surface area (Å²) in [6, 6.07) is 10.7. The molecule has 1 unspecified atom stereocenters. The minimum absolute atomic E-state index is 0.0843. The van der Waals surface area contributed by atoms with Crippen LogP contribution in [0, 0.1) is 17.5 Å². The molecular formula is C21H14F3N5O3. The van der Waals surface area contributed by atoms with Gasteiger partial charge < -0.3 is 5.32 Å². The zero-order valence-electron chi connectivity index (χ0n) is 16.1. The van der Waals surface area contributed by atoms with E-state index in [1.54, 1.807) is 6.07 Å². The Kier molecular flexibility index (Phi) is 5.56. The molecule has 0 aliphatic rings. The highest BCUT2D eigenvalue weighted by Crippen LogP contribution is 2.26. The average Bonchev–Trinajstić information content (AvgIpc) is 3.28. The number of benzene rings is 3. The van der Waals surface area contributed by atoms with Gasteiger partial charge in [0.2, 0.25) is 0 Å². The molecule has 0 saturated heterocycles. The maximum Gasteiger partial charge on any atom is 0.270 e. The lowest BCUT2D eigenvalue weighted by Crippen LogP contribution is -2.39. The zero-order valence-corrected chi connectivity index (χ0v) is 16.1. The Morgan fingerprint density at radius 2 is 1.53 bits per heavy atom. The van der Waals surface area contributed by atoms with E-state index >= 15 is 0 Å². The minimum atomic E-state index is -1.57. The highest BCUT2D eigenvalue weighted by Gasteiger charge is 2.24. The van der Waals surface area contributed by atoms with E-state index in [0.717, 1.165) is 12.1 Å². The molecule has 1 heterocycles. The fourth-order valence-corrected chi connectivity index (χ4v) is 3.15. The van der Waals surface area contributed by atoms with Crippen LogP contribution in [-0.4, -0.2) is 32.4 Å². The molecule has 0 saturated carbocycles. The Labute approximate surface area is 178 Å². The highest BCUT2D eigenvalue weighted by atomic mass is 19.2. The van der Waals surface area contributed by atoms with Gasteiger partial charge in [-0.1, -0.05) is 24.3 Å². The van der Waals surface area contributed by atoms with Gasteiger partial charge >= 0.3 is 0 Å². The Balaban J connectivity index is 1.60. The van der Waals surface area contributed by atoms with Gasteiger partial charge in [0.05, 0.1) is 0 Å². The number of fused-ring (bicyclic) bond motifs is 1. The lowest BCUT2D eigenvalue weighted by molar-refractivity contribution is -0.131. The van der Waals surface area contributed by atoms with Crippen LogP contribution in [0.1, 0.15) is 22.0 Å². The number of nitrogens with one attached hydrogen (secondary N) is 3. The van der Waals surface area contributed by atoms with Gasteiger partial charge in [0.1, 0.15) is 17.1 Å². The van der Waals surface area contributed by atoms with E-state index in [0.29, 0.717) is 16.6 Å². The van der Waals surface area contributed by atoms with Crippen LogP contribution in [0.5, 0.6) is 0 Å². The molecule has 0 spiro atoms. The number of carbonyl (C=O) groups is 2. The van der Waals surface area contributed by atoms with Gasteiger partial charge in [-0.25, -0.2) is 18.7 Å². The van der Waals surface area contributed by atoms with Crippen LogP contribution in [0.2, 0.25) is 0 Å². The molecule has 11 heteroatoms. The van der Waals surface area contributed by atoms with Crippen molar-refractivity contribution in [1.29, 1.82) is 0 Å². The lowest BCUT2D eigenvalue weighted by Gasteiger charge is -2.18. The first-order chi connectivity index (χ1) is 15.4. The molecule has 1 atom stereocenters. The Morgan fingerprint density at radius 3 is 2.19 bits per heavy atom. The Bertz CT molecular complexity index is 1300. The number of nitrogens with zero attached hydrogens (tertiary/aromatic N) is 2. The molecular weight excluding hydrogens is 427 g/mol. The van der Waals surface area contributed by atoms with Crippen molar-refractivity contribution in [3.05, 3.63) is 83.2 Å². The second-order valence-corrected chi connectivity index (χ2v) is 6.79. The topological polar surface area (TPSA) is 120 Å². The number of aromatic nitrogens is 3. The predicted octanol–water partition coefficient (Wildman–Crippen LogP) is 3.02. The number of aromatic amines is 1. The maximum atomic E-state index is 13.5. The summed E-state index contributed by atoms with van der Waals surface area (Å²) in [5, 5.41) is 21.8. The maximum absolute atomic E-state index is 13.5. The van der Waals surface area contributed by atoms with E-state index in [4.69, 9.17) is 5.21 Å². The number of hydrogen-bond acceptors (Lipinski definition) is 5. The summed E-state index contributed by atoms with van der Waals surface area (Å²) in [6.07, 6.45) is 0. The second kappa shape index (κ2) is 8.47. The largest absolute Gasteiger partial charge is 0.336 e. The quantitative estimate of drug-likeness (QED) is 0.216. The van der Waals surface area contributed by atoms with E-state index in [1.165, 1.54) is 41.9 Å². The molecule has 0 fully saturated rings. The molecule has 4 aromatic rings. The van der Waals surface area contributed by atoms with Crippen molar-refractivity contribution < 1.29 is 28.0 Å². The second-order valence-electron chi connectivity index (χ2n) is 6.79. The highest BCUT2D eigenvalue weighted by molar-refractivity contribution is 5.99. The van der Waals surface area contributed by atoms with Crippen LogP contribution in [0.15, 0.2) is 54.6 Å². The first-order valence-electron chi connectivity index (χ1n) is 9.17. The third-order valence-electron chi connectivity index (χ3n) is 4.79. The molecule has 2 amide bonds. The Hall–Kier alpha value is -4.25. The molecule has 4 N–H and O–H groups in total. The SMILES string of the molecule is O=C(NC(C(=O)NO)c1ccc(-c2cc(F)c(F)c(F)c2)cc1)c1ccc2n[nH]nc2c1. The molecule has 32 heavy (non-hydrogen) atoms. The summed E-state index contributed by atoms with van der Waals surface area (Å²) in [6.45, 7) is 0. The summed E-state index contributed by atoms with van der Waals surface area (Å²) in [7, 11) is 0. The van der Waals surface area contributed by atoms with Crippen molar-refractivity contribution in [2.75, 3.05) is 0 Å². The molecule has 0 aliphatic carbocycles. The molecule has 162 valence electrons. The summed E-state index contributed by atoms with van der Waals surface area (Å²) in [5.74, 6) is -5.77. The fourth-order valence-electron chi connectivity index (χ4n) is 3.15. The van der Waals surface area contributed by atoms with Gasteiger partial charge in [0.15, 0.2) is 17.5 Å². The average molecular weight is 441 g/mol. The van der Waals surface area contributed by atoms with Crippen molar-refractivity contribution in [3.8, 4) is 11.1 Å². The summed E-state index contributed by atoms with van der Waals surface area (Å²) in [4.78, 5) is 24.8. The Morgan fingerprint density at radius 1 is 0.875 bits per heavy atom. The van der Waals surface area contributed by atoms with Crippen LogP contribution >= 0.6 is 0 Å². The van der Waals surface area contributed by atoms with E-state index in [2.05, 4.69) is 20.7 Å². The third kappa shape index (κ3) is 4.01. The van der Waals surface area contributed by atoms with Crippen molar-refractivity contribution >= 4 is 22.8 Å². The standard InChI is InChI=1S/C21H14F3N5O3/c22-14-7-13(8-15(23)18(14)24)10-1-3-11(4-2-10)19(21(31)28-32)25-20(30)12-5-6-16-17(9-12)27-29-26-16/h1-9,19,32H,(H,25,30)(H,28,31)(H,26,27,29). The van der Waals surface area contributed by atoms with Crippen molar-refractivity contribution in [3.63, 3.8) is 0 Å². The van der Waals surface area contributed by atoms with Crippen molar-refractivity contribution in [1.82, 2.24) is 26.2 Å². The summed E-state index contributed by atoms with van der Waals surface area (Å²) < 4.78 is 40.2. The number of H-pyrrole nitrogens is 1. The van der Waals surface area contributed by atoms with Gasteiger partial charge in [-0.15, -0.1) is 0 Å². The molecule has 0 radical (unpaired) electrons. The van der Waals surface area contributed by atoms with E-state index in [1.807, 2.05) is 0 Å².